The van der Waals surface area contributed by atoms with Crippen molar-refractivity contribution >= 4 is 39.5 Å². The Morgan fingerprint density at radius 3 is 0.703 bits per heavy atom. The summed E-state index contributed by atoms with van der Waals surface area (Å²) in [6.45, 7) is 14.3. The van der Waals surface area contributed by atoms with E-state index in [4.69, 9.17) is 37.0 Å². The van der Waals surface area contributed by atoms with E-state index in [1.165, 1.54) is 218 Å². The molecule has 0 aromatic rings. The van der Waals surface area contributed by atoms with Crippen molar-refractivity contribution in [2.45, 2.75) is 440 Å². The Morgan fingerprint density at radius 2 is 0.475 bits per heavy atom. The molecule has 0 aliphatic heterocycles. The van der Waals surface area contributed by atoms with Gasteiger partial charge in [0, 0.05) is 25.7 Å². The number of phosphoric acid groups is 2. The van der Waals surface area contributed by atoms with Crippen LogP contribution in [0.3, 0.4) is 0 Å². The van der Waals surface area contributed by atoms with Gasteiger partial charge in [-0.05, 0) is 49.4 Å². The minimum absolute atomic E-state index is 0.107. The van der Waals surface area contributed by atoms with Crippen molar-refractivity contribution in [3.8, 4) is 0 Å². The van der Waals surface area contributed by atoms with Gasteiger partial charge in [-0.25, -0.2) is 9.13 Å². The first kappa shape index (κ1) is 99.1. The number of hydrogen-bond donors (Lipinski definition) is 3. The van der Waals surface area contributed by atoms with E-state index in [1.54, 1.807) is 0 Å². The number of phosphoric ester groups is 2. The number of aliphatic hydroxyl groups excluding tert-OH is 1. The van der Waals surface area contributed by atoms with Crippen LogP contribution in [0.2, 0.25) is 0 Å². The molecule has 7 atom stereocenters. The van der Waals surface area contributed by atoms with Gasteiger partial charge in [0.05, 0.1) is 26.4 Å². The maximum absolute atomic E-state index is 13.1. The molecule has 0 fully saturated rings. The molecule has 3 N–H and O–H groups in total. The summed E-state index contributed by atoms with van der Waals surface area (Å²) in [5, 5.41) is 10.6. The first-order valence-electron chi connectivity index (χ1n) is 42.3. The van der Waals surface area contributed by atoms with Crippen LogP contribution in [0.15, 0.2) is 0 Å². The van der Waals surface area contributed by atoms with E-state index in [9.17, 15) is 43.2 Å². The fourth-order valence-electron chi connectivity index (χ4n) is 12.5. The molecule has 0 aliphatic rings. The molecule has 0 amide bonds. The van der Waals surface area contributed by atoms with Crippen molar-refractivity contribution < 1.29 is 80.2 Å². The van der Waals surface area contributed by atoms with E-state index in [0.29, 0.717) is 31.6 Å². The summed E-state index contributed by atoms with van der Waals surface area (Å²) >= 11 is 0. The lowest BCUT2D eigenvalue weighted by atomic mass is 9.99. The standard InChI is InChI=1S/C82H160O17P2/c1-9-74(7)60-52-44-36-28-24-20-17-18-22-26-30-40-49-57-65-81(86)98-77(68-92-79(84)62-54-46-38-32-31-37-45-53-61-75(8)10-2)70-96-100(88,89)94-66-76(83)67-95-101(90,91)97-71-78(69-93-80(85)63-55-47-41-33-35-43-51-59-73(5)6)99-82(87)64-56-48-39-29-25-21-16-14-12-11-13-15-19-23-27-34-42-50-58-72(3)4/h72-78,83H,9-71H2,1-8H3,(H,88,89)(H,90,91)/t74?,75?,76?,77-,78-/m1/s1. The molecule has 0 radical (unpaired) electrons. The van der Waals surface area contributed by atoms with Crippen LogP contribution in [0.5, 0.6) is 0 Å². The summed E-state index contributed by atoms with van der Waals surface area (Å²) in [7, 11) is -9.92. The Kier molecular flexibility index (Phi) is 69.6. The lowest BCUT2D eigenvalue weighted by molar-refractivity contribution is -0.161. The summed E-state index contributed by atoms with van der Waals surface area (Å²) in [5.74, 6) is 1.03. The van der Waals surface area contributed by atoms with Gasteiger partial charge in [0.25, 0.3) is 0 Å². The molecule has 17 nitrogen and oxygen atoms in total. The highest BCUT2D eigenvalue weighted by Gasteiger charge is 2.30. The maximum Gasteiger partial charge on any atom is 0.472 e. The van der Waals surface area contributed by atoms with Gasteiger partial charge in [-0.1, -0.05) is 370 Å². The lowest BCUT2D eigenvalue weighted by Crippen LogP contribution is -2.30. The normalized spacial score (nSPS) is 14.5. The minimum atomic E-state index is -4.96. The van der Waals surface area contributed by atoms with E-state index >= 15 is 0 Å². The predicted molar refractivity (Wildman–Crippen MR) is 414 cm³/mol. The number of ether oxygens (including phenoxy) is 4. The van der Waals surface area contributed by atoms with E-state index in [2.05, 4.69) is 55.4 Å². The third kappa shape index (κ3) is 73.4. The Balaban J connectivity index is 5.20. The van der Waals surface area contributed by atoms with Crippen molar-refractivity contribution in [3.05, 3.63) is 0 Å². The van der Waals surface area contributed by atoms with Crippen LogP contribution in [-0.4, -0.2) is 96.7 Å². The average molecular weight is 1480 g/mol. The Hall–Kier alpha value is -1.94. The molecule has 0 saturated carbocycles. The molecule has 0 aromatic carbocycles. The SMILES string of the molecule is CCC(C)CCCCCCCCCCCCCCCCC(=O)O[C@H](COC(=O)CCCCCCCCCCC(C)CC)COP(=O)(O)OCC(O)COP(=O)(O)OC[C@@H](COC(=O)CCCCCCCCCC(C)C)OC(=O)CCCCCCCCCCCCCCCCCCCCC(C)C. The quantitative estimate of drug-likeness (QED) is 0.0222. The van der Waals surface area contributed by atoms with Crippen molar-refractivity contribution in [1.29, 1.82) is 0 Å². The van der Waals surface area contributed by atoms with Crippen molar-refractivity contribution in [3.63, 3.8) is 0 Å². The van der Waals surface area contributed by atoms with Crippen LogP contribution in [-0.2, 0) is 65.4 Å². The van der Waals surface area contributed by atoms with E-state index in [0.717, 1.165) is 114 Å². The van der Waals surface area contributed by atoms with Gasteiger partial charge in [0.2, 0.25) is 0 Å². The number of aliphatic hydroxyl groups is 1. The molecule has 0 saturated heterocycles. The number of rotatable bonds is 79. The Labute approximate surface area is 619 Å². The monoisotopic (exact) mass is 1480 g/mol. The number of carbonyl (C=O) groups excluding carboxylic acids is 4. The third-order valence-electron chi connectivity index (χ3n) is 19.8. The third-order valence-corrected chi connectivity index (χ3v) is 21.7. The molecule has 0 aromatic heterocycles. The van der Waals surface area contributed by atoms with Crippen LogP contribution >= 0.6 is 15.6 Å². The molecule has 0 spiro atoms. The van der Waals surface area contributed by atoms with Gasteiger partial charge >= 0.3 is 39.5 Å². The molecule has 5 unspecified atom stereocenters. The van der Waals surface area contributed by atoms with Crippen LogP contribution in [0.25, 0.3) is 0 Å². The first-order valence-corrected chi connectivity index (χ1v) is 45.3. The zero-order chi connectivity index (χ0) is 74.6. The summed E-state index contributed by atoms with van der Waals surface area (Å²) in [6.07, 6.45) is 58.3. The topological polar surface area (TPSA) is 237 Å². The fraction of sp³-hybridized carbons (Fsp3) is 0.951. The van der Waals surface area contributed by atoms with Gasteiger partial charge in [0.15, 0.2) is 12.2 Å². The van der Waals surface area contributed by atoms with Gasteiger partial charge in [-0.2, -0.15) is 0 Å². The molecular formula is C82H160O17P2. The van der Waals surface area contributed by atoms with Crippen LogP contribution in [0.4, 0.5) is 0 Å². The van der Waals surface area contributed by atoms with Gasteiger partial charge in [-0.3, -0.25) is 37.3 Å². The predicted octanol–water partition coefficient (Wildman–Crippen LogP) is 24.4. The molecule has 0 heterocycles. The molecule has 0 rings (SSSR count). The molecule has 0 aliphatic carbocycles. The van der Waals surface area contributed by atoms with E-state index < -0.39 is 97.5 Å². The largest absolute Gasteiger partial charge is 0.472 e. The molecule has 600 valence electrons. The average Bonchev–Trinajstić information content (AvgIpc) is 0.946. The second-order valence-electron chi connectivity index (χ2n) is 31.0. The minimum Gasteiger partial charge on any atom is -0.462 e. The van der Waals surface area contributed by atoms with Crippen molar-refractivity contribution in [2.75, 3.05) is 39.6 Å². The molecular weight excluding hydrogens is 1320 g/mol. The summed E-state index contributed by atoms with van der Waals surface area (Å²) in [5.41, 5.74) is 0. The Bertz CT molecular complexity index is 1980. The highest BCUT2D eigenvalue weighted by molar-refractivity contribution is 7.47. The van der Waals surface area contributed by atoms with Gasteiger partial charge < -0.3 is 33.8 Å². The summed E-state index contributed by atoms with van der Waals surface area (Å²) in [4.78, 5) is 73.0. The molecule has 101 heavy (non-hydrogen) atoms. The zero-order valence-corrected chi connectivity index (χ0v) is 68.3. The van der Waals surface area contributed by atoms with Crippen LogP contribution < -0.4 is 0 Å². The Morgan fingerprint density at radius 1 is 0.277 bits per heavy atom. The van der Waals surface area contributed by atoms with Crippen molar-refractivity contribution in [2.24, 2.45) is 23.7 Å². The first-order chi connectivity index (χ1) is 48.7. The maximum atomic E-state index is 13.1. The second kappa shape index (κ2) is 71.0. The van der Waals surface area contributed by atoms with Gasteiger partial charge in [0.1, 0.15) is 19.3 Å². The summed E-state index contributed by atoms with van der Waals surface area (Å²) < 4.78 is 68.7. The second-order valence-corrected chi connectivity index (χ2v) is 33.9. The highest BCUT2D eigenvalue weighted by atomic mass is 31.2. The fourth-order valence-corrected chi connectivity index (χ4v) is 14.1. The number of hydrogen-bond acceptors (Lipinski definition) is 15. The van der Waals surface area contributed by atoms with Crippen LogP contribution in [0, 0.1) is 23.7 Å². The lowest BCUT2D eigenvalue weighted by Gasteiger charge is -2.21. The molecule has 0 bridgehead atoms. The number of esters is 4. The number of unbranched alkanes of at least 4 members (excludes halogenated alkanes) is 43. The van der Waals surface area contributed by atoms with Crippen LogP contribution in [0.1, 0.15) is 421 Å². The smallest absolute Gasteiger partial charge is 0.462 e. The summed E-state index contributed by atoms with van der Waals surface area (Å²) in [6, 6.07) is 0. The zero-order valence-electron chi connectivity index (χ0n) is 66.5. The highest BCUT2D eigenvalue weighted by Crippen LogP contribution is 2.45. The van der Waals surface area contributed by atoms with E-state index in [-0.39, 0.29) is 25.7 Å². The van der Waals surface area contributed by atoms with E-state index in [1.807, 2.05) is 0 Å². The van der Waals surface area contributed by atoms with Crippen molar-refractivity contribution in [1.82, 2.24) is 0 Å². The number of carbonyl (C=O) groups is 4. The van der Waals surface area contributed by atoms with Gasteiger partial charge in [-0.15, -0.1) is 0 Å². The molecule has 19 heteroatoms.